The highest BCUT2D eigenvalue weighted by molar-refractivity contribution is 5.30. The smallest absolute Gasteiger partial charge is 0.0665 e. The third-order valence-electron chi connectivity index (χ3n) is 4.66. The van der Waals surface area contributed by atoms with E-state index in [2.05, 4.69) is 52.5 Å². The molecule has 4 rings (SSSR count). The SMILES string of the molecule is Cc1ccccc1Cn1ncc(CNC2CC2)c1C1CC1. The Morgan fingerprint density at radius 3 is 2.67 bits per heavy atom. The molecular formula is C18H23N3. The summed E-state index contributed by atoms with van der Waals surface area (Å²) in [7, 11) is 0. The molecule has 2 aliphatic carbocycles. The second kappa shape index (κ2) is 5.30. The Bertz CT molecular complexity index is 636. The maximum atomic E-state index is 4.69. The highest BCUT2D eigenvalue weighted by atomic mass is 15.3. The van der Waals surface area contributed by atoms with Crippen molar-refractivity contribution in [2.24, 2.45) is 0 Å². The van der Waals surface area contributed by atoms with Gasteiger partial charge in [0, 0.05) is 29.8 Å². The lowest BCUT2D eigenvalue weighted by Crippen LogP contribution is -2.16. The summed E-state index contributed by atoms with van der Waals surface area (Å²) in [6, 6.07) is 9.39. The third kappa shape index (κ3) is 2.88. The minimum atomic E-state index is 0.743. The monoisotopic (exact) mass is 281 g/mol. The Morgan fingerprint density at radius 2 is 1.95 bits per heavy atom. The number of benzene rings is 1. The number of hydrogen-bond acceptors (Lipinski definition) is 2. The Morgan fingerprint density at radius 1 is 1.14 bits per heavy atom. The van der Waals surface area contributed by atoms with Crippen molar-refractivity contribution in [2.45, 2.75) is 57.7 Å². The molecule has 1 N–H and O–H groups in total. The van der Waals surface area contributed by atoms with Gasteiger partial charge in [0.25, 0.3) is 0 Å². The number of rotatable bonds is 6. The van der Waals surface area contributed by atoms with E-state index in [1.807, 2.05) is 0 Å². The molecule has 0 amide bonds. The zero-order chi connectivity index (χ0) is 14.2. The van der Waals surface area contributed by atoms with E-state index in [4.69, 9.17) is 0 Å². The maximum Gasteiger partial charge on any atom is 0.0665 e. The summed E-state index contributed by atoms with van der Waals surface area (Å²) < 4.78 is 2.24. The first-order valence-electron chi connectivity index (χ1n) is 8.14. The van der Waals surface area contributed by atoms with Crippen LogP contribution in [-0.4, -0.2) is 15.8 Å². The van der Waals surface area contributed by atoms with Crippen LogP contribution in [0.25, 0.3) is 0 Å². The molecule has 3 nitrogen and oxygen atoms in total. The summed E-state index contributed by atoms with van der Waals surface area (Å²) >= 11 is 0. The fraction of sp³-hybridized carbons (Fsp3) is 0.500. The zero-order valence-corrected chi connectivity index (χ0v) is 12.7. The van der Waals surface area contributed by atoms with Gasteiger partial charge in [0.2, 0.25) is 0 Å². The number of hydrogen-bond donors (Lipinski definition) is 1. The molecule has 1 aromatic carbocycles. The number of aromatic nitrogens is 2. The molecule has 0 aliphatic heterocycles. The topological polar surface area (TPSA) is 29.9 Å². The lowest BCUT2D eigenvalue weighted by atomic mass is 10.1. The Labute approximate surface area is 126 Å². The maximum absolute atomic E-state index is 4.69. The van der Waals surface area contributed by atoms with Crippen molar-refractivity contribution in [1.82, 2.24) is 15.1 Å². The molecule has 21 heavy (non-hydrogen) atoms. The minimum Gasteiger partial charge on any atom is -0.310 e. The normalized spacial score (nSPS) is 18.1. The molecule has 0 radical (unpaired) electrons. The van der Waals surface area contributed by atoms with Crippen molar-refractivity contribution in [3.63, 3.8) is 0 Å². The molecule has 3 heteroatoms. The number of nitrogens with one attached hydrogen (secondary N) is 1. The van der Waals surface area contributed by atoms with E-state index in [-0.39, 0.29) is 0 Å². The molecule has 2 aliphatic rings. The second-order valence-corrected chi connectivity index (χ2v) is 6.57. The first-order valence-corrected chi connectivity index (χ1v) is 8.14. The lowest BCUT2D eigenvalue weighted by molar-refractivity contribution is 0.633. The van der Waals surface area contributed by atoms with E-state index in [9.17, 15) is 0 Å². The van der Waals surface area contributed by atoms with E-state index < -0.39 is 0 Å². The quantitative estimate of drug-likeness (QED) is 0.880. The average Bonchev–Trinajstić information content (AvgIpc) is 3.40. The summed E-state index contributed by atoms with van der Waals surface area (Å²) in [5, 5.41) is 8.32. The summed E-state index contributed by atoms with van der Waals surface area (Å²) in [5.41, 5.74) is 5.63. The van der Waals surface area contributed by atoms with Gasteiger partial charge in [0.15, 0.2) is 0 Å². The van der Waals surface area contributed by atoms with Gasteiger partial charge in [-0.25, -0.2) is 0 Å². The van der Waals surface area contributed by atoms with Gasteiger partial charge in [-0.1, -0.05) is 24.3 Å². The van der Waals surface area contributed by atoms with Gasteiger partial charge in [0.1, 0.15) is 0 Å². The number of nitrogens with zero attached hydrogens (tertiary/aromatic N) is 2. The molecule has 1 aromatic heterocycles. The molecular weight excluding hydrogens is 258 g/mol. The van der Waals surface area contributed by atoms with Crippen molar-refractivity contribution >= 4 is 0 Å². The third-order valence-corrected chi connectivity index (χ3v) is 4.66. The highest BCUT2D eigenvalue weighted by Crippen LogP contribution is 2.42. The molecule has 0 atom stereocenters. The van der Waals surface area contributed by atoms with Crippen LogP contribution in [0, 0.1) is 6.92 Å². The van der Waals surface area contributed by atoms with Crippen LogP contribution in [0.2, 0.25) is 0 Å². The molecule has 2 saturated carbocycles. The fourth-order valence-electron chi connectivity index (χ4n) is 3.02. The minimum absolute atomic E-state index is 0.743. The second-order valence-electron chi connectivity index (χ2n) is 6.57. The molecule has 0 bridgehead atoms. The van der Waals surface area contributed by atoms with E-state index in [1.54, 1.807) is 0 Å². The Kier molecular flexibility index (Phi) is 3.30. The molecule has 2 aromatic rings. The van der Waals surface area contributed by atoms with Gasteiger partial charge in [0.05, 0.1) is 12.7 Å². The van der Waals surface area contributed by atoms with Gasteiger partial charge < -0.3 is 5.32 Å². The molecule has 0 spiro atoms. The summed E-state index contributed by atoms with van der Waals surface area (Å²) in [4.78, 5) is 0. The Hall–Kier alpha value is -1.61. The van der Waals surface area contributed by atoms with Crippen molar-refractivity contribution in [1.29, 1.82) is 0 Å². The van der Waals surface area contributed by atoms with Crippen LogP contribution in [-0.2, 0) is 13.1 Å². The fourth-order valence-corrected chi connectivity index (χ4v) is 3.02. The van der Waals surface area contributed by atoms with Crippen LogP contribution in [0.5, 0.6) is 0 Å². The van der Waals surface area contributed by atoms with E-state index in [1.165, 1.54) is 48.1 Å². The van der Waals surface area contributed by atoms with Crippen LogP contribution in [0.15, 0.2) is 30.5 Å². The molecule has 110 valence electrons. The molecule has 0 unspecified atom stereocenters. The predicted octanol–water partition coefficient (Wildman–Crippen LogP) is 3.37. The standard InChI is InChI=1S/C18H23N3/c1-13-4-2-3-5-15(13)12-21-18(14-6-7-14)16(11-20-21)10-19-17-8-9-17/h2-5,11,14,17,19H,6-10,12H2,1H3. The van der Waals surface area contributed by atoms with Crippen molar-refractivity contribution in [3.05, 3.63) is 52.8 Å². The first kappa shape index (κ1) is 13.1. The van der Waals surface area contributed by atoms with Crippen LogP contribution in [0.4, 0.5) is 0 Å². The van der Waals surface area contributed by atoms with Crippen LogP contribution in [0.1, 0.15) is 54.0 Å². The summed E-state index contributed by atoms with van der Waals surface area (Å²) in [5.74, 6) is 0.743. The van der Waals surface area contributed by atoms with Gasteiger partial charge in [-0.15, -0.1) is 0 Å². The number of aryl methyl sites for hydroxylation is 1. The molecule has 0 saturated heterocycles. The van der Waals surface area contributed by atoms with Gasteiger partial charge in [-0.05, 0) is 43.7 Å². The summed E-state index contributed by atoms with van der Waals surface area (Å²) in [6.45, 7) is 4.08. The molecule has 1 heterocycles. The predicted molar refractivity (Wildman–Crippen MR) is 84.3 cm³/mol. The average molecular weight is 281 g/mol. The van der Waals surface area contributed by atoms with Gasteiger partial charge in [-0.3, -0.25) is 4.68 Å². The lowest BCUT2D eigenvalue weighted by Gasteiger charge is -2.11. The Balaban J connectivity index is 1.57. The molecule has 2 fully saturated rings. The van der Waals surface area contributed by atoms with Crippen molar-refractivity contribution in [3.8, 4) is 0 Å². The van der Waals surface area contributed by atoms with E-state index >= 15 is 0 Å². The van der Waals surface area contributed by atoms with Gasteiger partial charge in [-0.2, -0.15) is 5.10 Å². The first-order chi connectivity index (χ1) is 10.3. The largest absolute Gasteiger partial charge is 0.310 e. The van der Waals surface area contributed by atoms with Crippen LogP contribution in [0.3, 0.4) is 0 Å². The van der Waals surface area contributed by atoms with Crippen LogP contribution < -0.4 is 5.32 Å². The highest BCUT2D eigenvalue weighted by Gasteiger charge is 2.31. The summed E-state index contributed by atoms with van der Waals surface area (Å²) in [6.07, 6.45) is 7.43. The van der Waals surface area contributed by atoms with Crippen molar-refractivity contribution < 1.29 is 0 Å². The van der Waals surface area contributed by atoms with Crippen LogP contribution >= 0.6 is 0 Å². The van der Waals surface area contributed by atoms with Gasteiger partial charge >= 0.3 is 0 Å². The van der Waals surface area contributed by atoms with Crippen molar-refractivity contribution in [2.75, 3.05) is 0 Å². The van der Waals surface area contributed by atoms with E-state index in [0.717, 1.165) is 25.0 Å². The zero-order valence-electron chi connectivity index (χ0n) is 12.7. The van der Waals surface area contributed by atoms with E-state index in [0.29, 0.717) is 0 Å².